The number of nitrogens with zero attached hydrogens (tertiary/aromatic N) is 2. The second-order valence-electron chi connectivity index (χ2n) is 6.92. The number of hydrogen-bond donors (Lipinski definition) is 1. The van der Waals surface area contributed by atoms with E-state index < -0.39 is 0 Å². The minimum Gasteiger partial charge on any atom is -0.468 e. The third-order valence-corrected chi connectivity index (χ3v) is 6.78. The van der Waals surface area contributed by atoms with Crippen LogP contribution in [0.1, 0.15) is 29.7 Å². The van der Waals surface area contributed by atoms with E-state index in [0.717, 1.165) is 42.4 Å². The van der Waals surface area contributed by atoms with Gasteiger partial charge in [-0.05, 0) is 31.2 Å². The van der Waals surface area contributed by atoms with Gasteiger partial charge in [-0.15, -0.1) is 11.3 Å². The number of hydrogen-bond acceptors (Lipinski definition) is 6. The summed E-state index contributed by atoms with van der Waals surface area (Å²) in [6.07, 6.45) is 5.24. The van der Waals surface area contributed by atoms with Crippen molar-refractivity contribution in [3.63, 3.8) is 0 Å². The van der Waals surface area contributed by atoms with Crippen molar-refractivity contribution >= 4 is 39.3 Å². The lowest BCUT2D eigenvalue weighted by Crippen LogP contribution is -3.05. The van der Waals surface area contributed by atoms with Crippen LogP contribution in [0.15, 0.2) is 9.95 Å². The molecule has 0 aromatic carbocycles. The standard InChI is InChI=1S/C18H25N3O3S2/c1-20(2)9-6-10-21-17(23)15-12-7-4-5-8-13(12)26-16(15)19-18(21)25-11-14(22)24-3/h4-11H2,1-3H3/p+1. The maximum Gasteiger partial charge on any atom is 0.316 e. The molecule has 0 unspecified atom stereocenters. The molecule has 2 aromatic heterocycles. The Kier molecular flexibility index (Phi) is 6.37. The van der Waals surface area contributed by atoms with Crippen molar-refractivity contribution in [3.8, 4) is 0 Å². The average Bonchev–Trinajstić information content (AvgIpc) is 2.99. The number of esters is 1. The van der Waals surface area contributed by atoms with Gasteiger partial charge in [0.1, 0.15) is 4.83 Å². The highest BCUT2D eigenvalue weighted by molar-refractivity contribution is 7.99. The molecule has 8 heteroatoms. The first-order valence-corrected chi connectivity index (χ1v) is 10.8. The van der Waals surface area contributed by atoms with Crippen molar-refractivity contribution < 1.29 is 14.4 Å². The van der Waals surface area contributed by atoms with Crippen molar-refractivity contribution in [3.05, 3.63) is 20.8 Å². The van der Waals surface area contributed by atoms with Gasteiger partial charge in [-0.3, -0.25) is 14.2 Å². The van der Waals surface area contributed by atoms with Gasteiger partial charge in [-0.2, -0.15) is 0 Å². The molecule has 6 nitrogen and oxygen atoms in total. The number of nitrogens with one attached hydrogen (secondary N) is 1. The topological polar surface area (TPSA) is 65.6 Å². The number of thioether (sulfide) groups is 1. The van der Waals surface area contributed by atoms with Crippen LogP contribution in [0.5, 0.6) is 0 Å². The summed E-state index contributed by atoms with van der Waals surface area (Å²) in [4.78, 5) is 33.1. The van der Waals surface area contributed by atoms with Gasteiger partial charge in [0.15, 0.2) is 5.16 Å². The van der Waals surface area contributed by atoms with Crippen LogP contribution in [0.4, 0.5) is 0 Å². The quantitative estimate of drug-likeness (QED) is 0.432. The molecule has 0 saturated carbocycles. The summed E-state index contributed by atoms with van der Waals surface area (Å²) in [6.45, 7) is 1.61. The molecule has 2 heterocycles. The Morgan fingerprint density at radius 3 is 2.85 bits per heavy atom. The van der Waals surface area contributed by atoms with E-state index in [1.54, 1.807) is 15.9 Å². The number of rotatable bonds is 7. The minimum atomic E-state index is -0.306. The van der Waals surface area contributed by atoms with E-state index in [1.807, 2.05) is 0 Å². The Bertz CT molecular complexity index is 857. The lowest BCUT2D eigenvalue weighted by molar-refractivity contribution is -0.858. The van der Waals surface area contributed by atoms with Crippen LogP contribution in [0.2, 0.25) is 0 Å². The summed E-state index contributed by atoms with van der Waals surface area (Å²) in [7, 11) is 5.58. The highest BCUT2D eigenvalue weighted by Crippen LogP contribution is 2.34. The maximum absolute atomic E-state index is 13.3. The van der Waals surface area contributed by atoms with Crippen molar-refractivity contribution in [2.45, 2.75) is 43.8 Å². The Morgan fingerprint density at radius 2 is 2.12 bits per heavy atom. The smallest absolute Gasteiger partial charge is 0.316 e. The Morgan fingerprint density at radius 1 is 1.35 bits per heavy atom. The number of carbonyl (C=O) groups excluding carboxylic acids is 1. The number of quaternary nitrogens is 1. The fourth-order valence-electron chi connectivity index (χ4n) is 3.30. The van der Waals surface area contributed by atoms with E-state index in [2.05, 4.69) is 14.1 Å². The summed E-state index contributed by atoms with van der Waals surface area (Å²) in [6, 6.07) is 0. The lowest BCUT2D eigenvalue weighted by atomic mass is 9.97. The number of aromatic nitrogens is 2. The fourth-order valence-corrected chi connectivity index (χ4v) is 5.46. The van der Waals surface area contributed by atoms with Gasteiger partial charge in [-0.25, -0.2) is 4.98 Å². The fraction of sp³-hybridized carbons (Fsp3) is 0.611. The zero-order valence-corrected chi connectivity index (χ0v) is 17.2. The van der Waals surface area contributed by atoms with Gasteiger partial charge in [0.2, 0.25) is 0 Å². The van der Waals surface area contributed by atoms with Gasteiger partial charge < -0.3 is 9.64 Å². The Balaban J connectivity index is 2.01. The molecule has 2 aromatic rings. The van der Waals surface area contributed by atoms with Crippen molar-refractivity contribution in [1.29, 1.82) is 0 Å². The molecule has 0 amide bonds. The van der Waals surface area contributed by atoms with Crippen LogP contribution in [0.3, 0.4) is 0 Å². The third-order valence-electron chi connectivity index (χ3n) is 4.65. The molecular weight excluding hydrogens is 370 g/mol. The number of methoxy groups -OCH3 is 1. The molecule has 142 valence electrons. The lowest BCUT2D eigenvalue weighted by Gasteiger charge is -2.14. The zero-order valence-electron chi connectivity index (χ0n) is 15.6. The largest absolute Gasteiger partial charge is 0.468 e. The summed E-state index contributed by atoms with van der Waals surface area (Å²) in [5.74, 6) is -0.141. The molecule has 1 aliphatic carbocycles. The summed E-state index contributed by atoms with van der Waals surface area (Å²) < 4.78 is 6.50. The van der Waals surface area contributed by atoms with Crippen molar-refractivity contribution in [1.82, 2.24) is 9.55 Å². The third kappa shape index (κ3) is 4.13. The van der Waals surface area contributed by atoms with Crippen LogP contribution in [0, 0.1) is 0 Å². The monoisotopic (exact) mass is 396 g/mol. The van der Waals surface area contributed by atoms with Crippen LogP contribution in [0.25, 0.3) is 10.2 Å². The number of ether oxygens (including phenoxy) is 1. The molecule has 0 bridgehead atoms. The van der Waals surface area contributed by atoms with Crippen molar-refractivity contribution in [2.24, 2.45) is 0 Å². The number of fused-ring (bicyclic) bond motifs is 3. The van der Waals surface area contributed by atoms with E-state index in [1.165, 1.54) is 40.6 Å². The SMILES string of the molecule is COC(=O)CSc1nc2sc3c(c2c(=O)n1CCC[NH+](C)C)CCCC3. The first kappa shape index (κ1) is 19.4. The van der Waals surface area contributed by atoms with Crippen LogP contribution >= 0.6 is 23.1 Å². The zero-order chi connectivity index (χ0) is 18.7. The summed E-state index contributed by atoms with van der Waals surface area (Å²) in [5, 5.41) is 1.43. The predicted octanol–water partition coefficient (Wildman–Crippen LogP) is 1.14. The van der Waals surface area contributed by atoms with Crippen LogP contribution in [-0.2, 0) is 28.9 Å². The average molecular weight is 397 g/mol. The molecule has 1 aliphatic rings. The minimum absolute atomic E-state index is 0.0514. The highest BCUT2D eigenvalue weighted by Gasteiger charge is 2.22. The number of aryl methyl sites for hydroxylation is 2. The van der Waals surface area contributed by atoms with Gasteiger partial charge >= 0.3 is 5.97 Å². The normalized spacial score (nSPS) is 14.0. The second-order valence-corrected chi connectivity index (χ2v) is 8.94. The molecule has 0 spiro atoms. The molecule has 0 aliphatic heterocycles. The van der Waals surface area contributed by atoms with Gasteiger partial charge in [-0.1, -0.05) is 11.8 Å². The number of carbonyl (C=O) groups is 1. The number of thiophene rings is 1. The molecule has 3 rings (SSSR count). The highest BCUT2D eigenvalue weighted by atomic mass is 32.2. The van der Waals surface area contributed by atoms with Crippen molar-refractivity contribution in [2.75, 3.05) is 33.5 Å². The van der Waals surface area contributed by atoms with Gasteiger partial charge in [0.25, 0.3) is 5.56 Å². The van der Waals surface area contributed by atoms with Crippen LogP contribution in [-0.4, -0.2) is 49.0 Å². The molecular formula is C18H26N3O3S2+. The molecule has 0 saturated heterocycles. The molecule has 1 N–H and O–H groups in total. The molecule has 26 heavy (non-hydrogen) atoms. The second kappa shape index (κ2) is 8.54. The van der Waals surface area contributed by atoms with Gasteiger partial charge in [0, 0.05) is 17.8 Å². The predicted molar refractivity (Wildman–Crippen MR) is 106 cm³/mol. The molecule has 0 radical (unpaired) electrons. The van der Waals surface area contributed by atoms with E-state index in [0.29, 0.717) is 11.7 Å². The first-order chi connectivity index (χ1) is 12.5. The van der Waals surface area contributed by atoms with E-state index in [9.17, 15) is 9.59 Å². The van der Waals surface area contributed by atoms with E-state index >= 15 is 0 Å². The molecule has 0 fully saturated rings. The summed E-state index contributed by atoms with van der Waals surface area (Å²) in [5.41, 5.74) is 1.26. The Hall–Kier alpha value is -1.38. The summed E-state index contributed by atoms with van der Waals surface area (Å²) >= 11 is 2.94. The van der Waals surface area contributed by atoms with Gasteiger partial charge in [0.05, 0.1) is 38.9 Å². The maximum atomic E-state index is 13.3. The van der Waals surface area contributed by atoms with Crippen LogP contribution < -0.4 is 10.5 Å². The molecule has 0 atom stereocenters. The first-order valence-electron chi connectivity index (χ1n) is 9.05. The van der Waals surface area contributed by atoms with E-state index in [4.69, 9.17) is 9.72 Å². The van der Waals surface area contributed by atoms with E-state index in [-0.39, 0.29) is 17.3 Å². The Labute approximate surface area is 161 Å².